The number of fused-ring (bicyclic) bond motifs is 10. The Kier molecular flexibility index (Phi) is 9.71. The Labute approximate surface area is 445 Å². The summed E-state index contributed by atoms with van der Waals surface area (Å²) in [6.07, 6.45) is 0. The minimum Gasteiger partial charge on any atom is -0.456 e. The molecule has 356 valence electrons. The first kappa shape index (κ1) is 43.3. The number of furan rings is 1. The Hall–Kier alpha value is -10.1. The van der Waals surface area contributed by atoms with Crippen molar-refractivity contribution in [3.8, 4) is 66.8 Å². The van der Waals surface area contributed by atoms with Crippen molar-refractivity contribution in [3.63, 3.8) is 0 Å². The van der Waals surface area contributed by atoms with Crippen LogP contribution in [-0.4, -0.2) is 0 Å². The van der Waals surface area contributed by atoms with Crippen LogP contribution >= 0.6 is 0 Å². The van der Waals surface area contributed by atoms with E-state index in [2.05, 4.69) is 273 Å². The number of hydrogen-bond acceptors (Lipinski definition) is 1. The molecule has 16 aromatic rings. The lowest BCUT2D eigenvalue weighted by atomic mass is 9.84. The van der Waals surface area contributed by atoms with Crippen LogP contribution in [0.25, 0.3) is 164 Å². The zero-order chi connectivity index (χ0) is 50.6. The molecule has 0 fully saturated rings. The fourth-order valence-corrected chi connectivity index (χ4v) is 12.9. The molecule has 1 heterocycles. The molecule has 0 unspecified atom stereocenters. The predicted molar refractivity (Wildman–Crippen MR) is 329 cm³/mol. The van der Waals surface area contributed by atoms with Crippen LogP contribution in [0.2, 0.25) is 0 Å². The second-order valence-corrected chi connectivity index (χ2v) is 20.6. The Balaban J connectivity index is 0.831. The standard InChI is InChI=1S/C76H46O/c1-2-17-50-42-55(39-34-47(50)16-1)74-61-25-5-3-23-59(61)73(60-24-4-6-26-62(60)74)54-21-13-20-53(43-54)57-31-14-18-48-35-37-51(44-68(48)57)52-38-36-49-19-15-32-67(69(49)45-52)76-65-29-9-7-27-63(65)75(64-28-8-10-30-66(64)76)56-40-41-72-70(46-56)58-22-11-12-33-71(58)77-72/h1-46H. The summed E-state index contributed by atoms with van der Waals surface area (Å²) in [5, 5.41) is 19.6. The number of hydrogen-bond donors (Lipinski definition) is 0. The zero-order valence-electron chi connectivity index (χ0n) is 42.0. The molecule has 0 N–H and O–H groups in total. The average Bonchev–Trinajstić information content (AvgIpc) is 3.99. The molecule has 0 aliphatic rings. The van der Waals surface area contributed by atoms with Crippen molar-refractivity contribution in [1.82, 2.24) is 0 Å². The third kappa shape index (κ3) is 6.88. The Morgan fingerprint density at radius 3 is 1.14 bits per heavy atom. The van der Waals surface area contributed by atoms with Gasteiger partial charge in [-0.3, -0.25) is 0 Å². The third-order valence-corrected chi connectivity index (χ3v) is 16.4. The van der Waals surface area contributed by atoms with E-state index in [1.807, 2.05) is 6.07 Å². The first-order valence-corrected chi connectivity index (χ1v) is 26.6. The third-order valence-electron chi connectivity index (χ3n) is 16.4. The highest BCUT2D eigenvalue weighted by Crippen LogP contribution is 2.48. The van der Waals surface area contributed by atoms with Crippen LogP contribution < -0.4 is 0 Å². The van der Waals surface area contributed by atoms with E-state index >= 15 is 0 Å². The van der Waals surface area contributed by atoms with Crippen molar-refractivity contribution in [2.24, 2.45) is 0 Å². The summed E-state index contributed by atoms with van der Waals surface area (Å²) in [6.45, 7) is 0. The van der Waals surface area contributed by atoms with Crippen molar-refractivity contribution in [2.45, 2.75) is 0 Å². The van der Waals surface area contributed by atoms with Crippen LogP contribution in [0, 0.1) is 0 Å². The molecule has 0 radical (unpaired) electrons. The summed E-state index contributed by atoms with van der Waals surface area (Å²) < 4.78 is 6.29. The highest BCUT2D eigenvalue weighted by Gasteiger charge is 2.21. The van der Waals surface area contributed by atoms with E-state index in [9.17, 15) is 0 Å². The van der Waals surface area contributed by atoms with Crippen LogP contribution in [0.5, 0.6) is 0 Å². The van der Waals surface area contributed by atoms with E-state index in [0.717, 1.165) is 21.9 Å². The van der Waals surface area contributed by atoms with Crippen molar-refractivity contribution in [3.05, 3.63) is 279 Å². The summed E-state index contributed by atoms with van der Waals surface area (Å²) in [5.74, 6) is 0. The fraction of sp³-hybridized carbons (Fsp3) is 0. The molecule has 1 heteroatoms. The van der Waals surface area contributed by atoms with E-state index in [-0.39, 0.29) is 0 Å². The van der Waals surface area contributed by atoms with Gasteiger partial charge in [-0.05, 0) is 185 Å². The van der Waals surface area contributed by atoms with Gasteiger partial charge in [-0.15, -0.1) is 0 Å². The van der Waals surface area contributed by atoms with Gasteiger partial charge in [-0.2, -0.15) is 0 Å². The summed E-state index contributed by atoms with van der Waals surface area (Å²) in [5.41, 5.74) is 16.5. The van der Waals surface area contributed by atoms with Crippen molar-refractivity contribution >= 4 is 97.3 Å². The van der Waals surface area contributed by atoms with Gasteiger partial charge < -0.3 is 4.42 Å². The van der Waals surface area contributed by atoms with Crippen LogP contribution in [0.15, 0.2) is 283 Å². The molecule has 0 bridgehead atoms. The van der Waals surface area contributed by atoms with Crippen LogP contribution in [0.1, 0.15) is 0 Å². The minimum absolute atomic E-state index is 0.904. The highest BCUT2D eigenvalue weighted by molar-refractivity contribution is 6.25. The first-order chi connectivity index (χ1) is 38.2. The van der Waals surface area contributed by atoms with Gasteiger partial charge in [0.05, 0.1) is 0 Å². The Morgan fingerprint density at radius 1 is 0.169 bits per heavy atom. The van der Waals surface area contributed by atoms with Gasteiger partial charge in [0.25, 0.3) is 0 Å². The van der Waals surface area contributed by atoms with Gasteiger partial charge in [-0.25, -0.2) is 0 Å². The number of para-hydroxylation sites is 1. The lowest BCUT2D eigenvalue weighted by Gasteiger charge is -2.19. The van der Waals surface area contributed by atoms with Crippen LogP contribution in [0.3, 0.4) is 0 Å². The van der Waals surface area contributed by atoms with Crippen LogP contribution in [0.4, 0.5) is 0 Å². The zero-order valence-corrected chi connectivity index (χ0v) is 42.0. The molecule has 15 aromatic carbocycles. The Morgan fingerprint density at radius 2 is 0.545 bits per heavy atom. The molecule has 0 saturated carbocycles. The van der Waals surface area contributed by atoms with Crippen LogP contribution in [-0.2, 0) is 0 Å². The van der Waals surface area contributed by atoms with E-state index in [4.69, 9.17) is 4.42 Å². The molecule has 0 atom stereocenters. The lowest BCUT2D eigenvalue weighted by Crippen LogP contribution is -1.92. The fourth-order valence-electron chi connectivity index (χ4n) is 12.9. The second-order valence-electron chi connectivity index (χ2n) is 20.6. The van der Waals surface area contributed by atoms with Gasteiger partial charge in [0.2, 0.25) is 0 Å². The summed E-state index contributed by atoms with van der Waals surface area (Å²) in [7, 11) is 0. The molecule has 0 amide bonds. The lowest BCUT2D eigenvalue weighted by molar-refractivity contribution is 0.669. The van der Waals surface area contributed by atoms with E-state index in [1.165, 1.54) is 142 Å². The Bertz CT molecular complexity index is 5000. The minimum atomic E-state index is 0.904. The molecular formula is C76H46O. The predicted octanol–water partition coefficient (Wildman–Crippen LogP) is 21.7. The topological polar surface area (TPSA) is 13.1 Å². The quantitative estimate of drug-likeness (QED) is 0.151. The molecule has 1 aromatic heterocycles. The molecular weight excluding hydrogens is 929 g/mol. The summed E-state index contributed by atoms with van der Waals surface area (Å²) in [4.78, 5) is 0. The first-order valence-electron chi connectivity index (χ1n) is 26.6. The van der Waals surface area contributed by atoms with Gasteiger partial charge in [-0.1, -0.05) is 237 Å². The van der Waals surface area contributed by atoms with E-state index in [0.29, 0.717) is 0 Å². The maximum atomic E-state index is 6.29. The molecule has 1 nitrogen and oxygen atoms in total. The van der Waals surface area contributed by atoms with Gasteiger partial charge >= 0.3 is 0 Å². The molecule has 16 rings (SSSR count). The van der Waals surface area contributed by atoms with Crippen molar-refractivity contribution < 1.29 is 4.42 Å². The SMILES string of the molecule is c1cc(-c2cccc3ccc(-c4ccc5cccc(-c6c7ccccc7c(-c7ccc8oc9ccccc9c8c7)c7ccccc67)c5c4)cc23)cc(-c2c3ccccc3c(-c3ccc4ccccc4c3)c3ccccc23)c1. The van der Waals surface area contributed by atoms with Gasteiger partial charge in [0.15, 0.2) is 0 Å². The molecule has 0 aliphatic heterocycles. The summed E-state index contributed by atoms with van der Waals surface area (Å²) in [6, 6.07) is 103. The smallest absolute Gasteiger partial charge is 0.135 e. The van der Waals surface area contributed by atoms with Crippen molar-refractivity contribution in [1.29, 1.82) is 0 Å². The number of benzene rings is 15. The van der Waals surface area contributed by atoms with Gasteiger partial charge in [0, 0.05) is 10.8 Å². The normalized spacial score (nSPS) is 11.9. The number of rotatable bonds is 6. The molecule has 0 aliphatic carbocycles. The maximum Gasteiger partial charge on any atom is 0.135 e. The van der Waals surface area contributed by atoms with Crippen molar-refractivity contribution in [2.75, 3.05) is 0 Å². The maximum absolute atomic E-state index is 6.29. The average molecular weight is 975 g/mol. The molecule has 77 heavy (non-hydrogen) atoms. The summed E-state index contributed by atoms with van der Waals surface area (Å²) >= 11 is 0. The van der Waals surface area contributed by atoms with Gasteiger partial charge in [0.1, 0.15) is 11.2 Å². The molecule has 0 saturated heterocycles. The van der Waals surface area contributed by atoms with E-state index in [1.54, 1.807) is 0 Å². The van der Waals surface area contributed by atoms with E-state index < -0.39 is 0 Å². The monoisotopic (exact) mass is 974 g/mol. The molecule has 0 spiro atoms. The largest absolute Gasteiger partial charge is 0.456 e. The highest BCUT2D eigenvalue weighted by atomic mass is 16.3. The second kappa shape index (κ2) is 17.2.